The Balaban J connectivity index is 1.99. The lowest BCUT2D eigenvalue weighted by Gasteiger charge is -2.04. The second kappa shape index (κ2) is 7.02. The summed E-state index contributed by atoms with van der Waals surface area (Å²) in [6, 6.07) is 5.86. The number of hydrogen-bond donors (Lipinski definition) is 2. The number of anilines is 1. The predicted octanol–water partition coefficient (Wildman–Crippen LogP) is 3.37. The van der Waals surface area contributed by atoms with Gasteiger partial charge in [0.1, 0.15) is 0 Å². The van der Waals surface area contributed by atoms with E-state index in [1.54, 1.807) is 13.1 Å². The molecule has 6 heteroatoms. The molecule has 0 spiro atoms. The van der Waals surface area contributed by atoms with Crippen LogP contribution in [-0.4, -0.2) is 16.9 Å². The van der Waals surface area contributed by atoms with Crippen LogP contribution < -0.4 is 11.1 Å². The minimum atomic E-state index is -0.154. The summed E-state index contributed by atoms with van der Waals surface area (Å²) in [5, 5.41) is 4.13. The van der Waals surface area contributed by atoms with Gasteiger partial charge in [-0.05, 0) is 31.0 Å². The number of hydrogen-bond acceptors (Lipinski definition) is 4. The molecule has 4 nitrogen and oxygen atoms in total. The van der Waals surface area contributed by atoms with Crippen LogP contribution in [0.15, 0.2) is 24.4 Å². The van der Waals surface area contributed by atoms with Crippen LogP contribution >= 0.6 is 22.9 Å². The minimum Gasteiger partial charge on any atom is -0.327 e. The van der Waals surface area contributed by atoms with E-state index in [0.717, 1.165) is 27.4 Å². The van der Waals surface area contributed by atoms with E-state index in [4.69, 9.17) is 17.3 Å². The Morgan fingerprint density at radius 3 is 2.95 bits per heavy atom. The zero-order valence-electron chi connectivity index (χ0n) is 12.0. The number of nitrogens with two attached hydrogens (primary N) is 1. The molecule has 0 aliphatic carbocycles. The molecule has 1 amide bonds. The van der Waals surface area contributed by atoms with Gasteiger partial charge in [-0.3, -0.25) is 4.79 Å². The third kappa shape index (κ3) is 4.81. The average Bonchev–Trinajstić information content (AvgIpc) is 2.80. The maximum atomic E-state index is 11.6. The number of halogens is 1. The van der Waals surface area contributed by atoms with Gasteiger partial charge in [-0.15, -0.1) is 11.3 Å². The number of carbonyl (C=O) groups is 1. The topological polar surface area (TPSA) is 68.0 Å². The second-order valence-corrected chi connectivity index (χ2v) is 6.64. The van der Waals surface area contributed by atoms with Crippen LogP contribution in [0.25, 0.3) is 0 Å². The highest BCUT2D eigenvalue weighted by Crippen LogP contribution is 2.24. The van der Waals surface area contributed by atoms with Crippen molar-refractivity contribution in [2.24, 2.45) is 5.73 Å². The van der Waals surface area contributed by atoms with E-state index in [9.17, 15) is 4.79 Å². The molecule has 1 atom stereocenters. The first-order valence-corrected chi connectivity index (χ1v) is 7.88. The van der Waals surface area contributed by atoms with E-state index in [2.05, 4.69) is 16.4 Å². The van der Waals surface area contributed by atoms with Crippen molar-refractivity contribution >= 4 is 34.0 Å². The van der Waals surface area contributed by atoms with Gasteiger partial charge in [-0.2, -0.15) is 0 Å². The number of nitrogens with one attached hydrogen (secondary N) is 1. The molecule has 0 aliphatic heterocycles. The number of amides is 1. The first kappa shape index (κ1) is 15.9. The van der Waals surface area contributed by atoms with Gasteiger partial charge < -0.3 is 11.1 Å². The first-order valence-electron chi connectivity index (χ1n) is 6.69. The van der Waals surface area contributed by atoms with Crippen LogP contribution in [-0.2, 0) is 11.2 Å². The normalized spacial score (nSPS) is 12.2. The van der Waals surface area contributed by atoms with E-state index in [1.165, 1.54) is 11.3 Å². The van der Waals surface area contributed by atoms with E-state index >= 15 is 0 Å². The number of thiazole rings is 1. The van der Waals surface area contributed by atoms with Gasteiger partial charge >= 0.3 is 0 Å². The van der Waals surface area contributed by atoms with E-state index in [0.29, 0.717) is 11.6 Å². The molecule has 2 aromatic rings. The van der Waals surface area contributed by atoms with Crippen LogP contribution in [0, 0.1) is 6.92 Å². The summed E-state index contributed by atoms with van der Waals surface area (Å²) < 4.78 is 0. The molecule has 0 radical (unpaired) electrons. The van der Waals surface area contributed by atoms with Gasteiger partial charge in [-0.25, -0.2) is 4.98 Å². The predicted molar refractivity (Wildman–Crippen MR) is 88.0 cm³/mol. The highest BCUT2D eigenvalue weighted by Gasteiger charge is 2.09. The number of aryl methyl sites for hydroxylation is 1. The van der Waals surface area contributed by atoms with Crippen LogP contribution in [0.4, 0.5) is 5.13 Å². The van der Waals surface area contributed by atoms with Crippen molar-refractivity contribution in [1.29, 1.82) is 0 Å². The Labute approximate surface area is 133 Å². The number of nitrogens with zero attached hydrogens (tertiary/aromatic N) is 1. The van der Waals surface area contributed by atoms with Gasteiger partial charge in [0, 0.05) is 35.0 Å². The molecule has 1 unspecified atom stereocenters. The summed E-state index contributed by atoms with van der Waals surface area (Å²) in [7, 11) is 0. The monoisotopic (exact) mass is 323 g/mol. The first-order chi connectivity index (χ1) is 9.94. The summed E-state index contributed by atoms with van der Waals surface area (Å²) in [5.41, 5.74) is 7.78. The van der Waals surface area contributed by atoms with E-state index < -0.39 is 0 Å². The van der Waals surface area contributed by atoms with Crippen molar-refractivity contribution in [1.82, 2.24) is 4.98 Å². The molecule has 0 saturated heterocycles. The largest absolute Gasteiger partial charge is 0.327 e. The van der Waals surface area contributed by atoms with Crippen molar-refractivity contribution in [2.75, 3.05) is 5.32 Å². The molecule has 1 aromatic carbocycles. The lowest BCUT2D eigenvalue weighted by atomic mass is 10.1. The molecule has 2 rings (SSSR count). The van der Waals surface area contributed by atoms with Crippen LogP contribution in [0.3, 0.4) is 0 Å². The quantitative estimate of drug-likeness (QED) is 0.886. The highest BCUT2D eigenvalue weighted by atomic mass is 35.5. The number of aromatic nitrogens is 1. The Bertz CT molecular complexity index is 640. The molecule has 1 heterocycles. The minimum absolute atomic E-state index is 0.107. The Kier molecular flexibility index (Phi) is 5.33. The fourth-order valence-electron chi connectivity index (χ4n) is 1.86. The lowest BCUT2D eigenvalue weighted by Crippen LogP contribution is -2.23. The number of rotatable bonds is 5. The molecule has 21 heavy (non-hydrogen) atoms. The van der Waals surface area contributed by atoms with Gasteiger partial charge in [0.15, 0.2) is 5.13 Å². The maximum absolute atomic E-state index is 11.6. The summed E-state index contributed by atoms with van der Waals surface area (Å²) in [6.45, 7) is 3.78. The highest BCUT2D eigenvalue weighted by molar-refractivity contribution is 7.15. The number of benzene rings is 1. The average molecular weight is 324 g/mol. The summed E-state index contributed by atoms with van der Waals surface area (Å²) in [4.78, 5) is 16.9. The molecule has 112 valence electrons. The SMILES string of the molecule is Cc1ccc(Cc2cnc(NC(=O)CC(C)N)s2)cc1Cl. The second-order valence-electron chi connectivity index (χ2n) is 5.12. The molecular formula is C15H18ClN3OS. The van der Waals surface area contributed by atoms with Gasteiger partial charge in [0.05, 0.1) is 0 Å². The Morgan fingerprint density at radius 1 is 1.52 bits per heavy atom. The van der Waals surface area contributed by atoms with E-state index in [-0.39, 0.29) is 11.9 Å². The summed E-state index contributed by atoms with van der Waals surface area (Å²) in [5.74, 6) is -0.107. The van der Waals surface area contributed by atoms with Gasteiger partial charge in [0.2, 0.25) is 5.91 Å². The molecule has 3 N–H and O–H groups in total. The lowest BCUT2D eigenvalue weighted by molar-refractivity contribution is -0.116. The van der Waals surface area contributed by atoms with Crippen molar-refractivity contribution in [3.05, 3.63) is 45.4 Å². The standard InChI is InChI=1S/C15H18ClN3OS/c1-9-3-4-11(7-13(9)16)6-12-8-18-15(21-12)19-14(20)5-10(2)17/h3-4,7-8,10H,5-6,17H2,1-2H3,(H,18,19,20). The van der Waals surface area contributed by atoms with Crippen molar-refractivity contribution in [2.45, 2.75) is 32.7 Å². The van der Waals surface area contributed by atoms with Crippen LogP contribution in [0.1, 0.15) is 29.3 Å². The van der Waals surface area contributed by atoms with Crippen LogP contribution in [0.2, 0.25) is 5.02 Å². The fourth-order valence-corrected chi connectivity index (χ4v) is 2.92. The third-order valence-electron chi connectivity index (χ3n) is 2.92. The Hall–Kier alpha value is -1.43. The summed E-state index contributed by atoms with van der Waals surface area (Å²) >= 11 is 7.59. The number of carbonyl (C=O) groups excluding carboxylic acids is 1. The molecule has 0 bridgehead atoms. The van der Waals surface area contributed by atoms with Crippen LogP contribution in [0.5, 0.6) is 0 Å². The molecule has 0 fully saturated rings. The smallest absolute Gasteiger partial charge is 0.227 e. The van der Waals surface area contributed by atoms with E-state index in [1.807, 2.05) is 19.1 Å². The van der Waals surface area contributed by atoms with Crippen molar-refractivity contribution in [3.8, 4) is 0 Å². The zero-order chi connectivity index (χ0) is 15.4. The van der Waals surface area contributed by atoms with Crippen molar-refractivity contribution < 1.29 is 4.79 Å². The molecule has 0 aliphatic rings. The fraction of sp³-hybridized carbons (Fsp3) is 0.333. The molecule has 0 saturated carbocycles. The molecule has 1 aromatic heterocycles. The molecular weight excluding hydrogens is 306 g/mol. The van der Waals surface area contributed by atoms with Gasteiger partial charge in [-0.1, -0.05) is 23.7 Å². The Morgan fingerprint density at radius 2 is 2.29 bits per heavy atom. The maximum Gasteiger partial charge on any atom is 0.227 e. The zero-order valence-corrected chi connectivity index (χ0v) is 13.6. The van der Waals surface area contributed by atoms with Gasteiger partial charge in [0.25, 0.3) is 0 Å². The van der Waals surface area contributed by atoms with Crippen molar-refractivity contribution in [3.63, 3.8) is 0 Å². The summed E-state index contributed by atoms with van der Waals surface area (Å²) in [6.07, 6.45) is 2.82. The third-order valence-corrected chi connectivity index (χ3v) is 4.24.